The third-order valence-electron chi connectivity index (χ3n) is 5.22. The summed E-state index contributed by atoms with van der Waals surface area (Å²) in [6.45, 7) is 3.28. The van der Waals surface area contributed by atoms with Gasteiger partial charge in [0.05, 0.1) is 17.9 Å². The number of carbonyl (C=O) groups excluding carboxylic acids is 1. The highest BCUT2D eigenvalue weighted by atomic mass is 32.2. The normalized spacial score (nSPS) is 20.3. The summed E-state index contributed by atoms with van der Waals surface area (Å²) < 4.78 is 24.3. The molecule has 11 heteroatoms. The highest BCUT2D eigenvalue weighted by Crippen LogP contribution is 2.30. The van der Waals surface area contributed by atoms with Gasteiger partial charge in [-0.15, -0.1) is 4.91 Å². The number of nitrogens with two attached hydrogens (primary N) is 1. The number of nitroso groups, excluding NO2 is 1. The summed E-state index contributed by atoms with van der Waals surface area (Å²) in [5.41, 5.74) is 8.13. The number of hydrogen-bond acceptors (Lipinski definition) is 7. The summed E-state index contributed by atoms with van der Waals surface area (Å²) in [6, 6.07) is 8.42. The minimum absolute atomic E-state index is 0.00267. The molecule has 1 saturated heterocycles. The maximum Gasteiger partial charge on any atom is 0.254 e. The highest BCUT2D eigenvalue weighted by Gasteiger charge is 2.27. The van der Waals surface area contributed by atoms with Gasteiger partial charge in [-0.25, -0.2) is 9.19 Å². The van der Waals surface area contributed by atoms with Crippen molar-refractivity contribution in [1.82, 2.24) is 9.88 Å². The van der Waals surface area contributed by atoms with Gasteiger partial charge in [-0.2, -0.15) is 4.40 Å². The zero-order valence-corrected chi connectivity index (χ0v) is 17.7. The van der Waals surface area contributed by atoms with E-state index in [-0.39, 0.29) is 23.5 Å². The minimum atomic E-state index is -1.60. The smallest absolute Gasteiger partial charge is 0.254 e. The third-order valence-corrected chi connectivity index (χ3v) is 5.98. The standard InChI is InChI=1S/C20H22N6O4S/c1-12-8-14(9-17(22-12)23-28)20(27)26-7-3-4-13(10-26)11-30-16-6-2-5-15-18(16)19(21)25-31(29)24-15/h2,5-6,8-9,13,24H,3-4,7,10-11H2,1H3,(H2,21,25)/t13-,31?/m0/s1. The van der Waals surface area contributed by atoms with E-state index in [4.69, 9.17) is 10.5 Å². The van der Waals surface area contributed by atoms with Crippen LogP contribution in [0.15, 0.2) is 39.9 Å². The molecule has 1 unspecified atom stereocenters. The molecule has 0 saturated carbocycles. The van der Waals surface area contributed by atoms with E-state index in [1.54, 1.807) is 36.1 Å². The first kappa shape index (κ1) is 20.9. The summed E-state index contributed by atoms with van der Waals surface area (Å²) in [4.78, 5) is 29.5. The van der Waals surface area contributed by atoms with Crippen LogP contribution >= 0.6 is 0 Å². The maximum absolute atomic E-state index is 12.9. The van der Waals surface area contributed by atoms with E-state index >= 15 is 0 Å². The van der Waals surface area contributed by atoms with Crippen LogP contribution in [0.1, 0.15) is 34.5 Å². The predicted molar refractivity (Wildman–Crippen MR) is 117 cm³/mol. The first-order chi connectivity index (χ1) is 14.9. The Morgan fingerprint density at radius 1 is 1.42 bits per heavy atom. The molecule has 4 rings (SSSR count). The van der Waals surface area contributed by atoms with Gasteiger partial charge in [0.15, 0.2) is 5.82 Å². The van der Waals surface area contributed by atoms with Gasteiger partial charge < -0.3 is 15.4 Å². The molecule has 31 heavy (non-hydrogen) atoms. The summed E-state index contributed by atoms with van der Waals surface area (Å²) in [7, 11) is 0. The highest BCUT2D eigenvalue weighted by molar-refractivity contribution is 7.85. The Bertz CT molecular complexity index is 1090. The Balaban J connectivity index is 1.44. The Kier molecular flexibility index (Phi) is 5.94. The van der Waals surface area contributed by atoms with Crippen LogP contribution in [0.2, 0.25) is 0 Å². The molecule has 3 N–H and O–H groups in total. The van der Waals surface area contributed by atoms with Crippen molar-refractivity contribution in [2.45, 2.75) is 19.8 Å². The van der Waals surface area contributed by atoms with Gasteiger partial charge in [-0.05, 0) is 49.2 Å². The van der Waals surface area contributed by atoms with Gasteiger partial charge in [0.2, 0.25) is 11.2 Å². The Labute approximate surface area is 181 Å². The lowest BCUT2D eigenvalue weighted by atomic mass is 9.98. The number of benzene rings is 1. The van der Waals surface area contributed by atoms with Crippen molar-refractivity contribution in [3.8, 4) is 5.75 Å². The lowest BCUT2D eigenvalue weighted by molar-refractivity contribution is 0.0633. The van der Waals surface area contributed by atoms with Crippen molar-refractivity contribution < 1.29 is 13.7 Å². The predicted octanol–water partition coefficient (Wildman–Crippen LogP) is 2.43. The molecule has 1 aromatic heterocycles. The summed E-state index contributed by atoms with van der Waals surface area (Å²) >= 11 is -1.60. The molecule has 1 fully saturated rings. The number of likely N-dealkylation sites (tertiary alicyclic amines) is 1. The van der Waals surface area contributed by atoms with Crippen LogP contribution in [-0.2, 0) is 11.2 Å². The molecule has 0 bridgehead atoms. The number of fused-ring (bicyclic) bond motifs is 1. The monoisotopic (exact) mass is 442 g/mol. The van der Waals surface area contributed by atoms with Crippen LogP contribution in [0.4, 0.5) is 11.5 Å². The van der Waals surface area contributed by atoms with E-state index in [0.29, 0.717) is 48.0 Å². The quantitative estimate of drug-likeness (QED) is 0.682. The molecular formula is C20H22N6O4S. The largest absolute Gasteiger partial charge is 0.492 e. The molecule has 0 spiro atoms. The minimum Gasteiger partial charge on any atom is -0.492 e. The Hall–Kier alpha value is -3.34. The maximum atomic E-state index is 12.9. The van der Waals surface area contributed by atoms with Crippen LogP contribution in [0.3, 0.4) is 0 Å². The molecule has 1 aromatic carbocycles. The first-order valence-electron chi connectivity index (χ1n) is 9.85. The average Bonchev–Trinajstić information content (AvgIpc) is 2.76. The number of piperidine rings is 1. The number of carbonyl (C=O) groups is 1. The zero-order valence-electron chi connectivity index (χ0n) is 16.9. The van der Waals surface area contributed by atoms with Crippen LogP contribution in [0.5, 0.6) is 5.75 Å². The van der Waals surface area contributed by atoms with Crippen molar-refractivity contribution in [2.24, 2.45) is 21.2 Å². The van der Waals surface area contributed by atoms with E-state index in [9.17, 15) is 13.9 Å². The first-order valence-corrected chi connectivity index (χ1v) is 11.0. The van der Waals surface area contributed by atoms with Gasteiger partial charge in [0.25, 0.3) is 5.91 Å². The van der Waals surface area contributed by atoms with Crippen molar-refractivity contribution >= 4 is 34.4 Å². The molecule has 0 radical (unpaired) electrons. The number of nitrogens with one attached hydrogen (secondary N) is 1. The molecule has 162 valence electrons. The molecule has 3 heterocycles. The number of amidine groups is 1. The number of anilines is 1. The van der Waals surface area contributed by atoms with Crippen molar-refractivity contribution in [1.29, 1.82) is 0 Å². The average molecular weight is 443 g/mol. The van der Waals surface area contributed by atoms with Crippen molar-refractivity contribution in [2.75, 3.05) is 24.4 Å². The van der Waals surface area contributed by atoms with Gasteiger partial charge in [-0.1, -0.05) is 6.07 Å². The second-order valence-electron chi connectivity index (χ2n) is 7.52. The third kappa shape index (κ3) is 4.55. The Morgan fingerprint density at radius 3 is 3.06 bits per heavy atom. The molecular weight excluding hydrogens is 420 g/mol. The lowest BCUT2D eigenvalue weighted by Gasteiger charge is -2.33. The number of pyridine rings is 1. The van der Waals surface area contributed by atoms with Gasteiger partial charge in [-0.3, -0.25) is 9.52 Å². The molecule has 1 amide bonds. The second-order valence-corrected chi connectivity index (χ2v) is 8.41. The zero-order chi connectivity index (χ0) is 22.0. The van der Waals surface area contributed by atoms with Crippen molar-refractivity contribution in [3.05, 3.63) is 52.1 Å². The lowest BCUT2D eigenvalue weighted by Crippen LogP contribution is -2.41. The number of aromatic nitrogens is 1. The van der Waals surface area contributed by atoms with Gasteiger partial charge in [0, 0.05) is 30.3 Å². The fourth-order valence-corrected chi connectivity index (χ4v) is 4.52. The number of hydrogen-bond donors (Lipinski definition) is 2. The number of amides is 1. The number of aryl methyl sites for hydroxylation is 1. The van der Waals surface area contributed by atoms with E-state index in [1.807, 2.05) is 0 Å². The van der Waals surface area contributed by atoms with Crippen LogP contribution < -0.4 is 15.2 Å². The molecule has 2 atom stereocenters. The van der Waals surface area contributed by atoms with Crippen LogP contribution in [-0.4, -0.2) is 45.5 Å². The van der Waals surface area contributed by atoms with Crippen molar-refractivity contribution in [3.63, 3.8) is 0 Å². The molecule has 2 aliphatic rings. The van der Waals surface area contributed by atoms with E-state index in [0.717, 1.165) is 12.8 Å². The number of ether oxygens (including phenoxy) is 1. The van der Waals surface area contributed by atoms with E-state index in [2.05, 4.69) is 19.3 Å². The second kappa shape index (κ2) is 8.80. The Morgan fingerprint density at radius 2 is 2.26 bits per heavy atom. The molecule has 2 aliphatic heterocycles. The summed E-state index contributed by atoms with van der Waals surface area (Å²) in [5.74, 6) is 0.695. The van der Waals surface area contributed by atoms with Crippen LogP contribution in [0.25, 0.3) is 0 Å². The fraction of sp³-hybridized carbons (Fsp3) is 0.350. The number of nitrogens with zero attached hydrogens (tertiary/aromatic N) is 4. The van der Waals surface area contributed by atoms with Gasteiger partial charge >= 0.3 is 0 Å². The van der Waals surface area contributed by atoms with E-state index < -0.39 is 11.2 Å². The molecule has 0 aliphatic carbocycles. The topological polar surface area (TPSA) is 139 Å². The SMILES string of the molecule is Cc1cc(C(=O)N2CCC[C@H](COc3cccc4c3C(N)=NS(=O)N4)C2)cc(N=O)n1. The molecule has 2 aromatic rings. The molecule has 10 nitrogen and oxygen atoms in total. The van der Waals surface area contributed by atoms with Gasteiger partial charge in [0.1, 0.15) is 11.6 Å². The van der Waals surface area contributed by atoms with E-state index in [1.165, 1.54) is 6.07 Å². The summed E-state index contributed by atoms with van der Waals surface area (Å²) in [5, 5.41) is 2.85. The fourth-order valence-electron chi connectivity index (χ4n) is 3.85. The van der Waals surface area contributed by atoms with Crippen LogP contribution in [0, 0.1) is 17.7 Å². The number of rotatable bonds is 5. The summed E-state index contributed by atoms with van der Waals surface area (Å²) in [6.07, 6.45) is 1.76.